The molecule has 37 heavy (non-hydrogen) atoms. The van der Waals surface area contributed by atoms with E-state index in [1.165, 1.54) is 26.0 Å². The van der Waals surface area contributed by atoms with E-state index in [-0.39, 0.29) is 17.7 Å². The summed E-state index contributed by atoms with van der Waals surface area (Å²) in [4.78, 5) is 39.5. The quantitative estimate of drug-likeness (QED) is 0.428. The number of carbonyl (C=O) groups is 3. The van der Waals surface area contributed by atoms with Crippen LogP contribution in [0, 0.1) is 23.2 Å². The Bertz CT molecular complexity index is 1170. The van der Waals surface area contributed by atoms with Crippen LogP contribution in [-0.2, 0) is 25.5 Å². The summed E-state index contributed by atoms with van der Waals surface area (Å²) in [5.41, 5.74) is -0.500. The molecule has 7 nitrogen and oxygen atoms in total. The Hall–Kier alpha value is -3.03. The Balaban J connectivity index is 1.96. The molecule has 1 fully saturated rings. The monoisotopic (exact) mass is 507 g/mol. The lowest BCUT2D eigenvalue weighted by atomic mass is 9.54. The summed E-state index contributed by atoms with van der Waals surface area (Å²) in [5, 5.41) is 25.7. The highest BCUT2D eigenvalue weighted by atomic mass is 16.5. The fourth-order valence-electron chi connectivity index (χ4n) is 6.54. The second kappa shape index (κ2) is 10.0. The van der Waals surface area contributed by atoms with Crippen molar-refractivity contribution in [2.45, 2.75) is 71.3 Å². The molecule has 3 unspecified atom stereocenters. The van der Waals surface area contributed by atoms with Gasteiger partial charge in [0.2, 0.25) is 5.91 Å². The number of ether oxygens (including phenoxy) is 1. The molecule has 198 valence electrons. The van der Waals surface area contributed by atoms with Crippen LogP contribution in [-0.4, -0.2) is 51.7 Å². The number of amides is 1. The fraction of sp³-hybridized carbons (Fsp3) is 0.500. The molecule has 1 aromatic rings. The van der Waals surface area contributed by atoms with Crippen LogP contribution in [0.1, 0.15) is 46.6 Å². The van der Waals surface area contributed by atoms with Gasteiger partial charge in [0.1, 0.15) is 17.1 Å². The summed E-state index contributed by atoms with van der Waals surface area (Å²) < 4.78 is 5.82. The number of aliphatic hydroxyl groups excluding tert-OH is 1. The molecule has 2 aliphatic carbocycles. The fourth-order valence-corrected chi connectivity index (χ4v) is 6.54. The third-order valence-electron chi connectivity index (χ3n) is 8.49. The lowest BCUT2D eigenvalue weighted by molar-refractivity contribution is -0.161. The van der Waals surface area contributed by atoms with E-state index in [4.69, 9.17) is 4.74 Å². The minimum atomic E-state index is -1.82. The number of ketones is 1. The lowest BCUT2D eigenvalue weighted by Gasteiger charge is -2.49. The molecule has 1 aliphatic heterocycles. The molecule has 1 spiro atoms. The van der Waals surface area contributed by atoms with Crippen molar-refractivity contribution in [2.75, 3.05) is 0 Å². The zero-order valence-electron chi connectivity index (χ0n) is 22.1. The number of hydrogen-bond acceptors (Lipinski definition) is 6. The van der Waals surface area contributed by atoms with E-state index in [2.05, 4.69) is 5.32 Å². The average molecular weight is 508 g/mol. The molecule has 8 atom stereocenters. The van der Waals surface area contributed by atoms with Gasteiger partial charge in [0.25, 0.3) is 0 Å². The van der Waals surface area contributed by atoms with Gasteiger partial charge in [0.15, 0.2) is 5.78 Å². The topological polar surface area (TPSA) is 113 Å². The highest BCUT2D eigenvalue weighted by Gasteiger charge is 2.67. The maximum Gasteiger partial charge on any atom is 0.303 e. The Morgan fingerprint density at radius 1 is 1.14 bits per heavy atom. The Kier molecular flexibility index (Phi) is 7.32. The third-order valence-corrected chi connectivity index (χ3v) is 8.49. The molecule has 1 aromatic carbocycles. The van der Waals surface area contributed by atoms with E-state index < -0.39 is 46.9 Å². The molecule has 0 saturated carbocycles. The van der Waals surface area contributed by atoms with Gasteiger partial charge in [0, 0.05) is 30.7 Å². The van der Waals surface area contributed by atoms with E-state index in [9.17, 15) is 24.6 Å². The van der Waals surface area contributed by atoms with Crippen LogP contribution in [0.5, 0.6) is 0 Å². The van der Waals surface area contributed by atoms with Gasteiger partial charge in [-0.15, -0.1) is 0 Å². The average Bonchev–Trinajstić information content (AvgIpc) is 3.13. The smallest absolute Gasteiger partial charge is 0.303 e. The minimum absolute atomic E-state index is 0.314. The predicted octanol–water partition coefficient (Wildman–Crippen LogP) is 3.06. The second-order valence-electron chi connectivity index (χ2n) is 11.0. The molecule has 3 N–H and O–H groups in total. The second-order valence-corrected chi connectivity index (χ2v) is 11.0. The molecule has 7 heteroatoms. The van der Waals surface area contributed by atoms with Gasteiger partial charge in [0.05, 0.1) is 6.10 Å². The number of allylic oxidation sites excluding steroid dienone is 1. The van der Waals surface area contributed by atoms with Crippen LogP contribution in [0.3, 0.4) is 0 Å². The molecule has 0 radical (unpaired) electrons. The van der Waals surface area contributed by atoms with Crippen LogP contribution in [0.15, 0.2) is 65.8 Å². The summed E-state index contributed by atoms with van der Waals surface area (Å²) in [6, 6.07) is 9.52. The molecule has 0 aromatic heterocycles. The number of rotatable bonds is 3. The molecule has 1 heterocycles. The van der Waals surface area contributed by atoms with Gasteiger partial charge in [-0.05, 0) is 56.9 Å². The summed E-state index contributed by atoms with van der Waals surface area (Å²) >= 11 is 0. The molecular weight excluding hydrogens is 470 g/mol. The van der Waals surface area contributed by atoms with Crippen molar-refractivity contribution in [3.8, 4) is 0 Å². The van der Waals surface area contributed by atoms with Crippen molar-refractivity contribution in [3.63, 3.8) is 0 Å². The maximum absolute atomic E-state index is 14.2. The lowest BCUT2D eigenvalue weighted by Crippen LogP contribution is -2.58. The third kappa shape index (κ3) is 4.59. The first kappa shape index (κ1) is 27.0. The first-order valence-corrected chi connectivity index (χ1v) is 12.9. The van der Waals surface area contributed by atoms with Gasteiger partial charge in [-0.1, -0.05) is 55.0 Å². The molecule has 1 saturated heterocycles. The summed E-state index contributed by atoms with van der Waals surface area (Å²) in [6.45, 7) is 8.20. The summed E-state index contributed by atoms with van der Waals surface area (Å²) in [5.74, 6) is -2.92. The van der Waals surface area contributed by atoms with E-state index in [1.54, 1.807) is 19.1 Å². The van der Waals surface area contributed by atoms with E-state index in [0.717, 1.165) is 16.7 Å². The van der Waals surface area contributed by atoms with Crippen molar-refractivity contribution < 1.29 is 29.3 Å². The number of esters is 1. The molecule has 3 aliphatic rings. The highest BCUT2D eigenvalue weighted by Crippen LogP contribution is 2.57. The number of hydrogen-bond donors (Lipinski definition) is 3. The zero-order chi connectivity index (χ0) is 27.1. The van der Waals surface area contributed by atoms with E-state index >= 15 is 0 Å². The van der Waals surface area contributed by atoms with E-state index in [0.29, 0.717) is 12.8 Å². The van der Waals surface area contributed by atoms with Crippen LogP contribution in [0.4, 0.5) is 0 Å². The standard InChI is InChI=1S/C30H37NO6/c1-17-10-9-13-22-26(33)19(3)18(2)25-23(16-21-11-7-6-8-12-21)31-28(35)30(22,25)24(37-20(4)32)14-15-29(5,36)27(17)34/h6-9,11-15,17,22-26,33,36H,10,16H2,1-5H3,(H,31,35)/b13-9-,15-14?/t17?,22-,23-,24?,25?,26+,29+,30+/m0/s1. The van der Waals surface area contributed by atoms with Crippen LogP contribution in [0.25, 0.3) is 0 Å². The predicted molar refractivity (Wildman–Crippen MR) is 139 cm³/mol. The zero-order valence-corrected chi connectivity index (χ0v) is 22.1. The molecule has 1 amide bonds. The number of benzene rings is 1. The maximum atomic E-state index is 14.2. The molecular formula is C30H37NO6. The number of Topliss-reactive ketones (excluding diaryl/α,β-unsaturated/α-hetero) is 1. The van der Waals surface area contributed by atoms with Gasteiger partial charge in [-0.25, -0.2) is 0 Å². The van der Waals surface area contributed by atoms with E-state index in [1.807, 2.05) is 44.2 Å². The minimum Gasteiger partial charge on any atom is -0.457 e. The van der Waals surface area contributed by atoms with Crippen molar-refractivity contribution >= 4 is 17.7 Å². The van der Waals surface area contributed by atoms with Crippen molar-refractivity contribution in [1.29, 1.82) is 0 Å². The van der Waals surface area contributed by atoms with Gasteiger partial charge in [-0.2, -0.15) is 0 Å². The van der Waals surface area contributed by atoms with Gasteiger partial charge in [-0.3, -0.25) is 14.4 Å². The largest absolute Gasteiger partial charge is 0.457 e. The van der Waals surface area contributed by atoms with Crippen molar-refractivity contribution in [1.82, 2.24) is 5.32 Å². The normalized spacial score (nSPS) is 38.8. The van der Waals surface area contributed by atoms with Gasteiger partial charge < -0.3 is 20.3 Å². The molecule has 4 rings (SSSR count). The van der Waals surface area contributed by atoms with Crippen molar-refractivity contribution in [2.24, 2.45) is 23.2 Å². The Morgan fingerprint density at radius 2 is 1.81 bits per heavy atom. The summed E-state index contributed by atoms with van der Waals surface area (Å²) in [7, 11) is 0. The van der Waals surface area contributed by atoms with Crippen LogP contribution < -0.4 is 5.32 Å². The van der Waals surface area contributed by atoms with Gasteiger partial charge >= 0.3 is 5.97 Å². The summed E-state index contributed by atoms with van der Waals surface area (Å²) in [6.07, 6.45) is 5.17. The Labute approximate surface area is 218 Å². The van der Waals surface area contributed by atoms with Crippen LogP contribution in [0.2, 0.25) is 0 Å². The number of carbonyl (C=O) groups excluding carboxylic acids is 3. The number of aliphatic hydroxyl groups is 2. The Morgan fingerprint density at radius 3 is 2.46 bits per heavy atom. The number of nitrogens with one attached hydrogen (secondary N) is 1. The first-order chi connectivity index (χ1) is 17.4. The molecule has 0 bridgehead atoms. The van der Waals surface area contributed by atoms with Crippen LogP contribution >= 0.6 is 0 Å². The highest BCUT2D eigenvalue weighted by molar-refractivity contribution is 5.91. The SMILES string of the molecule is CC(=O)OC1C=C[C@@](C)(O)C(=O)C(C)C/C=C\[C@H]2[C@H](O)C(C)=C(C)C3[C@H](Cc4ccccc4)NC(=O)[C@]132. The van der Waals surface area contributed by atoms with Crippen molar-refractivity contribution in [3.05, 3.63) is 71.3 Å². The first-order valence-electron chi connectivity index (χ1n) is 12.9.